The minimum atomic E-state index is 0.520. The lowest BCUT2D eigenvalue weighted by Crippen LogP contribution is -1.98. The fourth-order valence-corrected chi connectivity index (χ4v) is 7.38. The Hall–Kier alpha value is -7.39. The van der Waals surface area contributed by atoms with E-state index in [1.165, 1.54) is 10.8 Å². The zero-order valence-corrected chi connectivity index (χ0v) is 26.7. The fourth-order valence-electron chi connectivity index (χ4n) is 7.38. The average molecular weight is 636 g/mol. The van der Waals surface area contributed by atoms with Crippen molar-refractivity contribution in [1.29, 1.82) is 15.8 Å². The molecule has 7 aromatic carbocycles. The van der Waals surface area contributed by atoms with Gasteiger partial charge in [-0.05, 0) is 89.5 Å². The van der Waals surface area contributed by atoms with Crippen molar-refractivity contribution in [2.45, 2.75) is 0 Å². The molecule has 0 aliphatic carbocycles. The van der Waals surface area contributed by atoms with Gasteiger partial charge in [0.2, 0.25) is 0 Å². The van der Waals surface area contributed by atoms with Crippen LogP contribution >= 0.6 is 0 Å². The highest BCUT2D eigenvalue weighted by molar-refractivity contribution is 6.11. The van der Waals surface area contributed by atoms with Gasteiger partial charge in [-0.3, -0.25) is 0 Å². The molecule has 0 bridgehead atoms. The predicted octanol–water partition coefficient (Wildman–Crippen LogP) is 10.8. The van der Waals surface area contributed by atoms with Crippen molar-refractivity contribution < 1.29 is 0 Å². The summed E-state index contributed by atoms with van der Waals surface area (Å²) in [4.78, 5) is 0. The third-order valence-electron chi connectivity index (χ3n) is 9.61. The summed E-state index contributed by atoms with van der Waals surface area (Å²) in [6.07, 6.45) is 0. The van der Waals surface area contributed by atoms with Crippen LogP contribution in [-0.4, -0.2) is 9.13 Å². The lowest BCUT2D eigenvalue weighted by Gasteiger charge is -2.15. The first-order valence-electron chi connectivity index (χ1n) is 16.3. The lowest BCUT2D eigenvalue weighted by atomic mass is 9.96. The van der Waals surface area contributed by atoms with Crippen LogP contribution in [0.3, 0.4) is 0 Å². The summed E-state index contributed by atoms with van der Waals surface area (Å²) < 4.78 is 4.40. The molecule has 0 fully saturated rings. The standard InChI is InChI=1S/C45H25N5/c46-26-29-16-19-44-38(22-29)39-23-30(27-47)17-20-45(39)49(44)40-21-18-32(25-34(40)28-48)31-8-7-9-33(24-31)35-10-1-4-13-41(35)50-42-14-5-2-11-36(42)37-12-3-6-15-43(37)50/h1-25H. The van der Waals surface area contributed by atoms with Crippen molar-refractivity contribution in [3.8, 4) is 51.8 Å². The number of para-hydroxylation sites is 3. The third kappa shape index (κ3) is 4.38. The molecule has 50 heavy (non-hydrogen) atoms. The molecular weight excluding hydrogens is 611 g/mol. The Bertz CT molecular complexity index is 2850. The quantitative estimate of drug-likeness (QED) is 0.193. The van der Waals surface area contributed by atoms with Crippen LogP contribution in [-0.2, 0) is 0 Å². The van der Waals surface area contributed by atoms with Gasteiger partial charge in [0, 0.05) is 27.1 Å². The summed E-state index contributed by atoms with van der Waals surface area (Å²) in [6.45, 7) is 0. The van der Waals surface area contributed by atoms with Gasteiger partial charge in [0.25, 0.3) is 0 Å². The third-order valence-corrected chi connectivity index (χ3v) is 9.61. The van der Waals surface area contributed by atoms with Crippen molar-refractivity contribution in [2.24, 2.45) is 0 Å². The van der Waals surface area contributed by atoms with Crippen molar-refractivity contribution in [3.05, 3.63) is 168 Å². The highest BCUT2D eigenvalue weighted by Crippen LogP contribution is 2.38. The molecule has 0 spiro atoms. The van der Waals surface area contributed by atoms with Gasteiger partial charge in [0.15, 0.2) is 0 Å². The van der Waals surface area contributed by atoms with Gasteiger partial charge in [-0.2, -0.15) is 15.8 Å². The first-order valence-corrected chi connectivity index (χ1v) is 16.3. The number of rotatable bonds is 4. The van der Waals surface area contributed by atoms with Crippen LogP contribution in [0, 0.1) is 34.0 Å². The number of nitriles is 3. The van der Waals surface area contributed by atoms with Crippen molar-refractivity contribution in [1.82, 2.24) is 9.13 Å². The molecule has 0 radical (unpaired) electrons. The number of nitrogens with zero attached hydrogens (tertiary/aromatic N) is 5. The fraction of sp³-hybridized carbons (Fsp3) is 0. The van der Waals surface area contributed by atoms with E-state index in [0.717, 1.165) is 66.5 Å². The van der Waals surface area contributed by atoms with E-state index in [2.05, 4.69) is 126 Å². The van der Waals surface area contributed by atoms with Crippen molar-refractivity contribution >= 4 is 43.6 Å². The first-order chi connectivity index (χ1) is 24.7. The second-order valence-electron chi connectivity index (χ2n) is 12.3. The summed E-state index contributed by atoms with van der Waals surface area (Å²) in [7, 11) is 0. The normalized spacial score (nSPS) is 11.1. The molecule has 9 aromatic rings. The summed E-state index contributed by atoms with van der Waals surface area (Å²) in [5.41, 5.74) is 11.6. The Kier molecular flexibility index (Phi) is 6.56. The number of fused-ring (bicyclic) bond motifs is 6. The SMILES string of the molecule is N#Cc1ccc2c(c1)c1cc(C#N)ccc1n2-c1ccc(-c2cccc(-c3ccccc3-n3c4ccccc4c4ccccc43)c2)cc1C#N. The zero-order valence-electron chi connectivity index (χ0n) is 26.7. The minimum Gasteiger partial charge on any atom is -0.309 e. The van der Waals surface area contributed by atoms with Crippen LogP contribution in [0.2, 0.25) is 0 Å². The molecular formula is C45H25N5. The number of hydrogen-bond donors (Lipinski definition) is 0. The molecule has 0 aliphatic rings. The van der Waals surface area contributed by atoms with Gasteiger partial charge in [0.05, 0.1) is 62.3 Å². The zero-order chi connectivity index (χ0) is 33.8. The van der Waals surface area contributed by atoms with Gasteiger partial charge in [0.1, 0.15) is 6.07 Å². The molecule has 0 atom stereocenters. The number of aromatic nitrogens is 2. The van der Waals surface area contributed by atoms with Crippen LogP contribution < -0.4 is 0 Å². The van der Waals surface area contributed by atoms with E-state index >= 15 is 0 Å². The molecule has 230 valence electrons. The van der Waals surface area contributed by atoms with Crippen LogP contribution in [0.25, 0.3) is 77.2 Å². The van der Waals surface area contributed by atoms with E-state index in [4.69, 9.17) is 0 Å². The first kappa shape index (κ1) is 28.8. The van der Waals surface area contributed by atoms with Gasteiger partial charge in [-0.15, -0.1) is 0 Å². The largest absolute Gasteiger partial charge is 0.309 e. The second kappa shape index (κ2) is 11.4. The minimum absolute atomic E-state index is 0.520. The van der Waals surface area contributed by atoms with Gasteiger partial charge < -0.3 is 9.13 Å². The molecule has 5 nitrogen and oxygen atoms in total. The molecule has 9 rings (SSSR count). The highest BCUT2D eigenvalue weighted by Gasteiger charge is 2.18. The van der Waals surface area contributed by atoms with E-state index in [0.29, 0.717) is 16.7 Å². The van der Waals surface area contributed by atoms with Gasteiger partial charge in [-0.25, -0.2) is 0 Å². The Morgan fingerprint density at radius 3 is 1.54 bits per heavy atom. The van der Waals surface area contributed by atoms with Gasteiger partial charge >= 0.3 is 0 Å². The van der Waals surface area contributed by atoms with Crippen LogP contribution in [0.5, 0.6) is 0 Å². The number of benzene rings is 7. The topological polar surface area (TPSA) is 81.2 Å². The molecule has 5 heteroatoms. The molecule has 2 aromatic heterocycles. The second-order valence-corrected chi connectivity index (χ2v) is 12.3. The van der Waals surface area contributed by atoms with Crippen molar-refractivity contribution in [3.63, 3.8) is 0 Å². The van der Waals surface area contributed by atoms with Crippen molar-refractivity contribution in [2.75, 3.05) is 0 Å². The summed E-state index contributed by atoms with van der Waals surface area (Å²) in [6, 6.07) is 58.0. The van der Waals surface area contributed by atoms with Crippen LogP contribution in [0.15, 0.2) is 152 Å². The van der Waals surface area contributed by atoms with E-state index < -0.39 is 0 Å². The molecule has 0 N–H and O–H groups in total. The Morgan fingerprint density at radius 1 is 0.360 bits per heavy atom. The Balaban J connectivity index is 1.18. The molecule has 0 aliphatic heterocycles. The predicted molar refractivity (Wildman–Crippen MR) is 200 cm³/mol. The summed E-state index contributed by atoms with van der Waals surface area (Å²) >= 11 is 0. The smallest absolute Gasteiger partial charge is 0.101 e. The number of hydrogen-bond acceptors (Lipinski definition) is 3. The Morgan fingerprint density at radius 2 is 0.900 bits per heavy atom. The lowest BCUT2D eigenvalue weighted by molar-refractivity contribution is 1.17. The molecule has 0 saturated carbocycles. The summed E-state index contributed by atoms with van der Waals surface area (Å²) in [5.74, 6) is 0. The van der Waals surface area contributed by atoms with E-state index in [-0.39, 0.29) is 0 Å². The van der Waals surface area contributed by atoms with E-state index in [1.54, 1.807) is 12.1 Å². The summed E-state index contributed by atoms with van der Waals surface area (Å²) in [5, 5.41) is 33.8. The maximum Gasteiger partial charge on any atom is 0.101 e. The molecule has 0 saturated heterocycles. The van der Waals surface area contributed by atoms with Gasteiger partial charge in [-0.1, -0.05) is 78.9 Å². The van der Waals surface area contributed by atoms with E-state index in [9.17, 15) is 15.8 Å². The molecule has 0 amide bonds. The monoisotopic (exact) mass is 635 g/mol. The maximum atomic E-state index is 10.5. The van der Waals surface area contributed by atoms with E-state index in [1.807, 2.05) is 41.0 Å². The molecule has 0 unspecified atom stereocenters. The average Bonchev–Trinajstić information content (AvgIpc) is 3.69. The molecule has 2 heterocycles. The Labute approximate surface area is 287 Å². The van der Waals surface area contributed by atoms with Crippen LogP contribution in [0.4, 0.5) is 0 Å². The highest BCUT2D eigenvalue weighted by atomic mass is 15.0. The maximum absolute atomic E-state index is 10.5. The van der Waals surface area contributed by atoms with Crippen LogP contribution in [0.1, 0.15) is 16.7 Å².